The van der Waals surface area contributed by atoms with Gasteiger partial charge in [0.25, 0.3) is 0 Å². The van der Waals surface area contributed by atoms with Crippen LogP contribution in [0.5, 0.6) is 0 Å². The Kier molecular flexibility index (Phi) is 3.80. The fourth-order valence-electron chi connectivity index (χ4n) is 2.47. The minimum Gasteiger partial charge on any atom is -0.481 e. The first kappa shape index (κ1) is 13.6. The van der Waals surface area contributed by atoms with Crippen LogP contribution in [0.25, 0.3) is 10.2 Å². The van der Waals surface area contributed by atoms with Gasteiger partial charge < -0.3 is 10.0 Å². The number of thioether (sulfide) groups is 1. The van der Waals surface area contributed by atoms with E-state index in [4.69, 9.17) is 5.11 Å². The molecular weight excluding hydrogens is 294 g/mol. The molecule has 0 bridgehead atoms. The first-order valence-electron chi connectivity index (χ1n) is 6.42. The average molecular weight is 309 g/mol. The molecule has 1 saturated heterocycles. The second kappa shape index (κ2) is 5.57. The van der Waals surface area contributed by atoms with E-state index in [0.29, 0.717) is 0 Å². The molecule has 1 N–H and O–H groups in total. The van der Waals surface area contributed by atoms with Gasteiger partial charge in [-0.25, -0.2) is 9.97 Å². The second-order valence-corrected chi connectivity index (χ2v) is 6.84. The number of carbonyl (C=O) groups is 1. The maximum absolute atomic E-state index is 11.0. The molecule has 3 heterocycles. The van der Waals surface area contributed by atoms with Crippen molar-refractivity contribution in [3.8, 4) is 0 Å². The third kappa shape index (κ3) is 2.47. The highest BCUT2D eigenvalue weighted by Crippen LogP contribution is 2.34. The Morgan fingerprint density at radius 3 is 3.20 bits per heavy atom. The monoisotopic (exact) mass is 309 g/mol. The summed E-state index contributed by atoms with van der Waals surface area (Å²) < 4.78 is 1.06. The predicted molar refractivity (Wildman–Crippen MR) is 82.9 cm³/mol. The van der Waals surface area contributed by atoms with Crippen LogP contribution in [0.1, 0.15) is 12.0 Å². The zero-order valence-electron chi connectivity index (χ0n) is 11.1. The van der Waals surface area contributed by atoms with Crippen LogP contribution in [-0.2, 0) is 4.79 Å². The largest absolute Gasteiger partial charge is 0.481 e. The number of aromatic nitrogens is 2. The molecular formula is C13H15N3O2S2. The van der Waals surface area contributed by atoms with Gasteiger partial charge in [0.15, 0.2) is 0 Å². The Balaban J connectivity index is 2.01. The van der Waals surface area contributed by atoms with Gasteiger partial charge in [-0.1, -0.05) is 0 Å². The normalized spacial score (nSPS) is 19.4. The zero-order valence-corrected chi connectivity index (χ0v) is 12.7. The lowest BCUT2D eigenvalue weighted by molar-refractivity contribution is -0.137. The van der Waals surface area contributed by atoms with Gasteiger partial charge >= 0.3 is 5.97 Å². The van der Waals surface area contributed by atoms with Crippen molar-refractivity contribution in [3.63, 3.8) is 0 Å². The molecule has 0 amide bonds. The van der Waals surface area contributed by atoms with Crippen molar-refractivity contribution in [2.75, 3.05) is 23.0 Å². The minimum absolute atomic E-state index is 0.00626. The number of hydrogen-bond acceptors (Lipinski definition) is 6. The Morgan fingerprint density at radius 2 is 2.40 bits per heavy atom. The average Bonchev–Trinajstić information content (AvgIpc) is 2.81. The Labute approximate surface area is 125 Å². The van der Waals surface area contributed by atoms with Gasteiger partial charge in [-0.2, -0.15) is 11.8 Å². The van der Waals surface area contributed by atoms with Gasteiger partial charge in [0.1, 0.15) is 12.1 Å². The standard InChI is InChI=1S/C13H15N3O2S2/c1-8-5-20-12-11(8)14-7-15-13(12)16-2-3-19-6-9(16)4-10(17)18/h5,7,9H,2-4,6H2,1H3,(H,17,18). The summed E-state index contributed by atoms with van der Waals surface area (Å²) >= 11 is 3.44. The van der Waals surface area contributed by atoms with Crippen molar-refractivity contribution in [2.45, 2.75) is 19.4 Å². The van der Waals surface area contributed by atoms with E-state index >= 15 is 0 Å². The van der Waals surface area contributed by atoms with E-state index in [1.807, 2.05) is 18.7 Å². The number of carboxylic acids is 1. The summed E-state index contributed by atoms with van der Waals surface area (Å²) in [6.07, 6.45) is 1.74. The van der Waals surface area contributed by atoms with E-state index in [9.17, 15) is 4.79 Å². The summed E-state index contributed by atoms with van der Waals surface area (Å²) in [4.78, 5) is 21.9. The third-order valence-corrected chi connectivity index (χ3v) is 5.60. The first-order chi connectivity index (χ1) is 9.66. The summed E-state index contributed by atoms with van der Waals surface area (Å²) in [6.45, 7) is 2.88. The molecule has 0 aliphatic carbocycles. The third-order valence-electron chi connectivity index (χ3n) is 3.42. The van der Waals surface area contributed by atoms with Gasteiger partial charge in [-0.05, 0) is 17.9 Å². The first-order valence-corrected chi connectivity index (χ1v) is 8.45. The summed E-state index contributed by atoms with van der Waals surface area (Å²) in [5.41, 5.74) is 2.13. The molecule has 1 atom stereocenters. The van der Waals surface area contributed by atoms with Crippen molar-refractivity contribution in [1.82, 2.24) is 9.97 Å². The van der Waals surface area contributed by atoms with Gasteiger partial charge in [0.2, 0.25) is 0 Å². The van der Waals surface area contributed by atoms with Crippen LogP contribution in [0, 0.1) is 6.92 Å². The summed E-state index contributed by atoms with van der Waals surface area (Å²) in [5, 5.41) is 11.2. The summed E-state index contributed by atoms with van der Waals surface area (Å²) in [5.74, 6) is 1.98. The van der Waals surface area contributed by atoms with E-state index in [1.165, 1.54) is 0 Å². The van der Waals surface area contributed by atoms with E-state index in [1.54, 1.807) is 17.7 Å². The number of anilines is 1. The van der Waals surface area contributed by atoms with Crippen LogP contribution in [0.15, 0.2) is 11.7 Å². The van der Waals surface area contributed by atoms with E-state index in [-0.39, 0.29) is 12.5 Å². The Morgan fingerprint density at radius 1 is 1.55 bits per heavy atom. The fourth-order valence-corrected chi connectivity index (χ4v) is 4.54. The van der Waals surface area contributed by atoms with Crippen LogP contribution < -0.4 is 4.90 Å². The SMILES string of the molecule is Cc1csc2c(N3CCSCC3CC(=O)O)ncnc12. The molecule has 0 spiro atoms. The van der Waals surface area contributed by atoms with Crippen molar-refractivity contribution in [2.24, 2.45) is 0 Å². The Hall–Kier alpha value is -1.34. The predicted octanol–water partition coefficient (Wildman–Crippen LogP) is 2.40. The molecule has 106 valence electrons. The highest BCUT2D eigenvalue weighted by atomic mass is 32.2. The number of hydrogen-bond donors (Lipinski definition) is 1. The number of aliphatic carboxylic acids is 1. The lowest BCUT2D eigenvalue weighted by Crippen LogP contribution is -2.44. The number of aryl methyl sites for hydroxylation is 1. The minimum atomic E-state index is -0.754. The lowest BCUT2D eigenvalue weighted by atomic mass is 10.2. The zero-order chi connectivity index (χ0) is 14.1. The molecule has 1 aliphatic rings. The van der Waals surface area contributed by atoms with Gasteiger partial charge in [0.05, 0.1) is 16.6 Å². The second-order valence-electron chi connectivity index (χ2n) is 4.81. The molecule has 1 unspecified atom stereocenters. The number of carboxylic acid groups (broad SMARTS) is 1. The van der Waals surface area contributed by atoms with Crippen LogP contribution in [0.3, 0.4) is 0 Å². The van der Waals surface area contributed by atoms with Crippen LogP contribution >= 0.6 is 23.1 Å². The fraction of sp³-hybridized carbons (Fsp3) is 0.462. The van der Waals surface area contributed by atoms with Crippen molar-refractivity contribution in [1.29, 1.82) is 0 Å². The number of nitrogens with zero attached hydrogens (tertiary/aromatic N) is 3. The number of thiophene rings is 1. The van der Waals surface area contributed by atoms with Crippen molar-refractivity contribution < 1.29 is 9.90 Å². The molecule has 0 radical (unpaired) electrons. The molecule has 5 nitrogen and oxygen atoms in total. The van der Waals surface area contributed by atoms with Crippen LogP contribution in [-0.4, -0.2) is 45.1 Å². The van der Waals surface area contributed by atoms with Crippen LogP contribution in [0.2, 0.25) is 0 Å². The summed E-state index contributed by atoms with van der Waals surface area (Å²) in [6, 6.07) is 0.00626. The topological polar surface area (TPSA) is 66.3 Å². The van der Waals surface area contributed by atoms with E-state index < -0.39 is 5.97 Å². The maximum Gasteiger partial charge on any atom is 0.305 e. The molecule has 2 aromatic rings. The molecule has 3 rings (SSSR count). The highest BCUT2D eigenvalue weighted by Gasteiger charge is 2.28. The molecule has 1 fully saturated rings. The van der Waals surface area contributed by atoms with E-state index in [0.717, 1.165) is 39.6 Å². The summed E-state index contributed by atoms with van der Waals surface area (Å²) in [7, 11) is 0. The van der Waals surface area contributed by atoms with Crippen LogP contribution in [0.4, 0.5) is 5.82 Å². The molecule has 1 aliphatic heterocycles. The van der Waals surface area contributed by atoms with Gasteiger partial charge in [0, 0.05) is 24.1 Å². The van der Waals surface area contributed by atoms with Crippen molar-refractivity contribution in [3.05, 3.63) is 17.3 Å². The molecule has 0 aromatic carbocycles. The molecule has 20 heavy (non-hydrogen) atoms. The maximum atomic E-state index is 11.0. The van der Waals surface area contributed by atoms with Gasteiger partial charge in [-0.3, -0.25) is 4.79 Å². The number of fused-ring (bicyclic) bond motifs is 1. The molecule has 0 saturated carbocycles. The molecule has 7 heteroatoms. The van der Waals surface area contributed by atoms with Gasteiger partial charge in [-0.15, -0.1) is 11.3 Å². The Bertz CT molecular complexity index is 644. The highest BCUT2D eigenvalue weighted by molar-refractivity contribution is 7.99. The smallest absolute Gasteiger partial charge is 0.305 e. The number of rotatable bonds is 3. The van der Waals surface area contributed by atoms with E-state index in [2.05, 4.69) is 20.2 Å². The molecule has 2 aromatic heterocycles. The quantitative estimate of drug-likeness (QED) is 0.939. The van der Waals surface area contributed by atoms with Crippen molar-refractivity contribution >= 4 is 45.1 Å². The lowest BCUT2D eigenvalue weighted by Gasteiger charge is -2.35.